The molecule has 0 fully saturated rings. The summed E-state index contributed by atoms with van der Waals surface area (Å²) in [5.74, 6) is -0.856. The highest BCUT2D eigenvalue weighted by atomic mass is 16.4. The molecule has 0 radical (unpaired) electrons. The average Bonchev–Trinajstić information content (AvgIpc) is 2.37. The molecule has 18 heavy (non-hydrogen) atoms. The van der Waals surface area contributed by atoms with Crippen LogP contribution in [0, 0.1) is 0 Å². The van der Waals surface area contributed by atoms with Crippen LogP contribution < -0.4 is 5.32 Å². The first kappa shape index (κ1) is 12.6. The van der Waals surface area contributed by atoms with E-state index < -0.39 is 5.97 Å². The fourth-order valence-corrected chi connectivity index (χ4v) is 2.29. The van der Waals surface area contributed by atoms with Gasteiger partial charge < -0.3 is 15.3 Å². The number of hydrogen-bond acceptors (Lipinski definition) is 3. The minimum atomic E-state index is -0.901. The quantitative estimate of drug-likeness (QED) is 0.816. The van der Waals surface area contributed by atoms with Crippen LogP contribution in [0.1, 0.15) is 21.5 Å². The summed E-state index contributed by atoms with van der Waals surface area (Å²) in [4.78, 5) is 24.6. The van der Waals surface area contributed by atoms with Crippen molar-refractivity contribution in [1.82, 2.24) is 10.2 Å². The molecule has 5 nitrogen and oxygen atoms in total. The number of amides is 1. The first-order chi connectivity index (χ1) is 8.63. The van der Waals surface area contributed by atoms with Gasteiger partial charge in [-0.05, 0) is 30.7 Å². The number of nitrogens with one attached hydrogen (secondary N) is 1. The minimum absolute atomic E-state index is 0.0453. The van der Waals surface area contributed by atoms with Crippen LogP contribution in [0.5, 0.6) is 0 Å². The smallest absolute Gasteiger partial charge is 0.335 e. The number of carboxylic acid groups (broad SMARTS) is 1. The molecule has 1 aliphatic rings. The Hall–Kier alpha value is -1.88. The van der Waals surface area contributed by atoms with Crippen LogP contribution in [0.4, 0.5) is 0 Å². The summed E-state index contributed by atoms with van der Waals surface area (Å²) in [6.07, 6.45) is 0.604. The van der Waals surface area contributed by atoms with Gasteiger partial charge >= 0.3 is 5.97 Å². The molecule has 0 aliphatic carbocycles. The van der Waals surface area contributed by atoms with Gasteiger partial charge in [0.05, 0.1) is 12.1 Å². The number of carbonyl (C=O) groups is 2. The van der Waals surface area contributed by atoms with Crippen LogP contribution in [0.2, 0.25) is 0 Å². The molecular formula is C13H16N2O3. The second kappa shape index (κ2) is 5.18. The van der Waals surface area contributed by atoms with Gasteiger partial charge in [-0.2, -0.15) is 0 Å². The van der Waals surface area contributed by atoms with E-state index in [-0.39, 0.29) is 5.91 Å². The molecule has 1 aromatic rings. The predicted molar refractivity (Wildman–Crippen MR) is 66.4 cm³/mol. The molecule has 1 amide bonds. The van der Waals surface area contributed by atoms with Crippen LogP contribution in [0.25, 0.3) is 0 Å². The van der Waals surface area contributed by atoms with E-state index in [2.05, 4.69) is 5.32 Å². The van der Waals surface area contributed by atoms with Gasteiger partial charge in [0.2, 0.25) is 5.91 Å². The van der Waals surface area contributed by atoms with Crippen molar-refractivity contribution in [3.8, 4) is 0 Å². The zero-order valence-electron chi connectivity index (χ0n) is 10.3. The van der Waals surface area contributed by atoms with Gasteiger partial charge in [0.1, 0.15) is 0 Å². The van der Waals surface area contributed by atoms with Crippen molar-refractivity contribution in [1.29, 1.82) is 0 Å². The normalized spacial score (nSPS) is 14.2. The van der Waals surface area contributed by atoms with Crippen LogP contribution in [0.15, 0.2) is 18.2 Å². The van der Waals surface area contributed by atoms with E-state index in [1.54, 1.807) is 24.1 Å². The zero-order valence-corrected chi connectivity index (χ0v) is 10.3. The maximum Gasteiger partial charge on any atom is 0.335 e. The van der Waals surface area contributed by atoms with E-state index in [0.717, 1.165) is 11.1 Å². The second-order valence-electron chi connectivity index (χ2n) is 4.34. The van der Waals surface area contributed by atoms with Gasteiger partial charge in [0, 0.05) is 13.1 Å². The molecule has 1 heterocycles. The van der Waals surface area contributed by atoms with Gasteiger partial charge in [-0.1, -0.05) is 12.1 Å². The number of hydrogen-bond donors (Lipinski definition) is 2. The van der Waals surface area contributed by atoms with E-state index in [4.69, 9.17) is 5.11 Å². The molecule has 0 aromatic heterocycles. The van der Waals surface area contributed by atoms with Gasteiger partial charge in [-0.3, -0.25) is 4.79 Å². The Morgan fingerprint density at radius 1 is 1.44 bits per heavy atom. The fourth-order valence-electron chi connectivity index (χ4n) is 2.29. The van der Waals surface area contributed by atoms with Crippen molar-refractivity contribution in [2.24, 2.45) is 0 Å². The summed E-state index contributed by atoms with van der Waals surface area (Å²) in [5, 5.41) is 11.9. The first-order valence-electron chi connectivity index (χ1n) is 5.90. The van der Waals surface area contributed by atoms with Crippen LogP contribution >= 0.6 is 0 Å². The Labute approximate surface area is 105 Å². The van der Waals surface area contributed by atoms with Crippen molar-refractivity contribution in [3.63, 3.8) is 0 Å². The van der Waals surface area contributed by atoms with Crippen LogP contribution in [0.3, 0.4) is 0 Å². The Kier molecular flexibility index (Phi) is 3.62. The van der Waals surface area contributed by atoms with E-state index >= 15 is 0 Å². The van der Waals surface area contributed by atoms with Gasteiger partial charge in [0.25, 0.3) is 0 Å². The van der Waals surface area contributed by atoms with Crippen molar-refractivity contribution in [2.75, 3.05) is 20.1 Å². The molecule has 96 valence electrons. The number of fused-ring (bicyclic) bond motifs is 1. The number of likely N-dealkylation sites (N-methyl/N-ethyl adjacent to an activating group) is 1. The number of carbonyl (C=O) groups excluding carboxylic acids is 1. The lowest BCUT2D eigenvalue weighted by molar-refractivity contribution is -0.131. The van der Waals surface area contributed by atoms with Gasteiger partial charge in [0.15, 0.2) is 0 Å². The summed E-state index contributed by atoms with van der Waals surface area (Å²) < 4.78 is 0. The highest BCUT2D eigenvalue weighted by Gasteiger charge is 2.23. The molecule has 0 saturated carbocycles. The third-order valence-electron chi connectivity index (χ3n) is 3.18. The number of rotatable bonds is 3. The molecule has 0 spiro atoms. The lowest BCUT2D eigenvalue weighted by Gasteiger charge is -2.29. The summed E-state index contributed by atoms with van der Waals surface area (Å²) in [5.41, 5.74) is 2.15. The number of aromatic carboxylic acids is 1. The van der Waals surface area contributed by atoms with Crippen molar-refractivity contribution >= 4 is 11.9 Å². The third-order valence-corrected chi connectivity index (χ3v) is 3.18. The SMILES string of the molecule is CNCC(=O)N1CCc2c(cccc2C(=O)O)C1. The van der Waals surface area contributed by atoms with Gasteiger partial charge in [-0.25, -0.2) is 4.79 Å². The van der Waals surface area contributed by atoms with Crippen LogP contribution in [-0.4, -0.2) is 42.0 Å². The second-order valence-corrected chi connectivity index (χ2v) is 4.34. The number of nitrogens with zero attached hydrogens (tertiary/aromatic N) is 1. The van der Waals surface area contributed by atoms with E-state index in [9.17, 15) is 9.59 Å². The molecular weight excluding hydrogens is 232 g/mol. The molecule has 0 unspecified atom stereocenters. The molecule has 0 atom stereocenters. The molecule has 2 N–H and O–H groups in total. The van der Waals surface area contributed by atoms with Crippen molar-refractivity contribution in [3.05, 3.63) is 34.9 Å². The largest absolute Gasteiger partial charge is 0.478 e. The lowest BCUT2D eigenvalue weighted by atomic mass is 9.94. The van der Waals surface area contributed by atoms with E-state index in [0.29, 0.717) is 31.6 Å². The molecule has 1 aliphatic heterocycles. The minimum Gasteiger partial charge on any atom is -0.478 e. The Balaban J connectivity index is 2.23. The van der Waals surface area contributed by atoms with Crippen LogP contribution in [-0.2, 0) is 17.8 Å². The summed E-state index contributed by atoms with van der Waals surface area (Å²) in [6, 6.07) is 5.24. The van der Waals surface area contributed by atoms with Crippen molar-refractivity contribution in [2.45, 2.75) is 13.0 Å². The maximum absolute atomic E-state index is 11.8. The maximum atomic E-state index is 11.8. The molecule has 0 saturated heterocycles. The Morgan fingerprint density at radius 3 is 2.89 bits per heavy atom. The number of benzene rings is 1. The molecule has 1 aromatic carbocycles. The topological polar surface area (TPSA) is 69.6 Å². The molecule has 0 bridgehead atoms. The van der Waals surface area contributed by atoms with Gasteiger partial charge in [-0.15, -0.1) is 0 Å². The molecule has 2 rings (SSSR count). The van der Waals surface area contributed by atoms with Crippen molar-refractivity contribution < 1.29 is 14.7 Å². The van der Waals surface area contributed by atoms with E-state index in [1.807, 2.05) is 6.07 Å². The average molecular weight is 248 g/mol. The fraction of sp³-hybridized carbons (Fsp3) is 0.385. The summed E-state index contributed by atoms with van der Waals surface area (Å²) >= 11 is 0. The highest BCUT2D eigenvalue weighted by Crippen LogP contribution is 2.22. The zero-order chi connectivity index (χ0) is 13.1. The lowest BCUT2D eigenvalue weighted by Crippen LogP contribution is -2.40. The predicted octanol–water partition coefficient (Wildman–Crippen LogP) is 0.489. The third kappa shape index (κ3) is 2.36. The van der Waals surface area contributed by atoms with E-state index in [1.165, 1.54) is 0 Å². The highest BCUT2D eigenvalue weighted by molar-refractivity contribution is 5.90. The summed E-state index contributed by atoms with van der Waals surface area (Å²) in [7, 11) is 1.73. The molecule has 5 heteroatoms. The Bertz CT molecular complexity index is 485. The Morgan fingerprint density at radius 2 is 2.22 bits per heavy atom. The number of carboxylic acids is 1. The standard InChI is InChI=1S/C13H16N2O3/c1-14-7-12(16)15-6-5-10-9(8-15)3-2-4-11(10)13(17)18/h2-4,14H,5-8H2,1H3,(H,17,18). The monoisotopic (exact) mass is 248 g/mol. The first-order valence-corrected chi connectivity index (χ1v) is 5.90. The summed E-state index contributed by atoms with van der Waals surface area (Å²) in [6.45, 7) is 1.39.